The Labute approximate surface area is 212 Å². The van der Waals surface area contributed by atoms with Gasteiger partial charge < -0.3 is 24.5 Å². The Hall–Kier alpha value is -2.97. The monoisotopic (exact) mass is 493 g/mol. The topological polar surface area (TPSA) is 90.4 Å². The number of ether oxygens (including phenoxy) is 1. The SMILES string of the molecule is CN1CC=C[C@H]2O[C@]34C=CCN(Cc5ccccc5)C(=O)C3N(CCCCCCO)C(=O)[C@@H]4[C@H]2C1=O. The van der Waals surface area contributed by atoms with Crippen LogP contribution in [0.1, 0.15) is 31.2 Å². The third-order valence-electron chi connectivity index (χ3n) is 7.97. The maximum absolute atomic E-state index is 14.1. The second-order valence-corrected chi connectivity index (χ2v) is 10.3. The number of hydrogen-bond donors (Lipinski definition) is 1. The smallest absolute Gasteiger partial charge is 0.249 e. The lowest BCUT2D eigenvalue weighted by Gasteiger charge is -2.35. The highest BCUT2D eigenvalue weighted by Gasteiger charge is 2.71. The van der Waals surface area contributed by atoms with Gasteiger partial charge in [-0.1, -0.05) is 67.5 Å². The number of aliphatic hydroxyl groups excluding tert-OH is 1. The Morgan fingerprint density at radius 2 is 1.75 bits per heavy atom. The number of amides is 3. The molecule has 1 aromatic rings. The van der Waals surface area contributed by atoms with E-state index in [4.69, 9.17) is 9.84 Å². The van der Waals surface area contributed by atoms with Crippen molar-refractivity contribution in [2.45, 2.75) is 50.0 Å². The van der Waals surface area contributed by atoms with Crippen molar-refractivity contribution in [2.75, 3.05) is 33.3 Å². The molecule has 1 N–H and O–H groups in total. The fraction of sp³-hybridized carbons (Fsp3) is 0.536. The fourth-order valence-corrected chi connectivity index (χ4v) is 6.24. The third kappa shape index (κ3) is 4.16. The highest BCUT2D eigenvalue weighted by atomic mass is 16.5. The molecule has 0 aromatic heterocycles. The predicted molar refractivity (Wildman–Crippen MR) is 133 cm³/mol. The van der Waals surface area contributed by atoms with E-state index in [0.717, 1.165) is 31.2 Å². The van der Waals surface area contributed by atoms with Crippen LogP contribution in [0.4, 0.5) is 0 Å². The van der Waals surface area contributed by atoms with E-state index in [1.165, 1.54) is 0 Å². The average molecular weight is 494 g/mol. The van der Waals surface area contributed by atoms with Crippen molar-refractivity contribution in [1.29, 1.82) is 0 Å². The van der Waals surface area contributed by atoms with E-state index in [1.807, 2.05) is 54.6 Å². The van der Waals surface area contributed by atoms with Crippen molar-refractivity contribution in [3.63, 3.8) is 0 Å². The second-order valence-electron chi connectivity index (χ2n) is 10.3. The summed E-state index contributed by atoms with van der Waals surface area (Å²) >= 11 is 0. The highest BCUT2D eigenvalue weighted by molar-refractivity contribution is 5.99. The fourth-order valence-electron chi connectivity index (χ4n) is 6.24. The van der Waals surface area contributed by atoms with Crippen LogP contribution in [0, 0.1) is 11.8 Å². The van der Waals surface area contributed by atoms with Gasteiger partial charge in [-0.05, 0) is 18.4 Å². The number of benzene rings is 1. The summed E-state index contributed by atoms with van der Waals surface area (Å²) in [5, 5.41) is 9.10. The van der Waals surface area contributed by atoms with E-state index in [0.29, 0.717) is 26.2 Å². The molecule has 36 heavy (non-hydrogen) atoms. The van der Waals surface area contributed by atoms with Gasteiger partial charge in [0.05, 0.1) is 17.9 Å². The first-order valence-electron chi connectivity index (χ1n) is 13.0. The molecule has 0 saturated carbocycles. The molecule has 4 aliphatic rings. The van der Waals surface area contributed by atoms with Gasteiger partial charge in [-0.25, -0.2) is 0 Å². The van der Waals surface area contributed by atoms with Crippen LogP contribution >= 0.6 is 0 Å². The number of unbranched alkanes of at least 4 members (excludes halogenated alkanes) is 3. The summed E-state index contributed by atoms with van der Waals surface area (Å²) in [6, 6.07) is 9.01. The van der Waals surface area contributed by atoms with Gasteiger partial charge in [-0.2, -0.15) is 0 Å². The molecule has 4 aliphatic heterocycles. The van der Waals surface area contributed by atoms with E-state index >= 15 is 0 Å². The minimum atomic E-state index is -1.17. The number of carbonyl (C=O) groups is 3. The molecule has 3 amide bonds. The Bertz CT molecular complexity index is 1060. The summed E-state index contributed by atoms with van der Waals surface area (Å²) in [7, 11) is 1.74. The quantitative estimate of drug-likeness (QED) is 0.440. The van der Waals surface area contributed by atoms with Crippen molar-refractivity contribution in [2.24, 2.45) is 11.8 Å². The van der Waals surface area contributed by atoms with Crippen molar-refractivity contribution in [3.8, 4) is 0 Å². The maximum atomic E-state index is 14.1. The Morgan fingerprint density at radius 3 is 2.53 bits per heavy atom. The molecule has 1 unspecified atom stereocenters. The average Bonchev–Trinajstić information content (AvgIpc) is 3.20. The molecule has 0 bridgehead atoms. The zero-order valence-electron chi connectivity index (χ0n) is 20.8. The number of aliphatic hydroxyl groups is 1. The molecular weight excluding hydrogens is 458 g/mol. The minimum Gasteiger partial charge on any atom is -0.396 e. The number of carbonyl (C=O) groups excluding carboxylic acids is 3. The zero-order chi connectivity index (χ0) is 25.3. The third-order valence-corrected chi connectivity index (χ3v) is 7.97. The number of likely N-dealkylation sites (tertiary alicyclic amines) is 1. The standard InChI is InChI=1S/C28H35N3O5/c1-29-15-9-13-21-22(25(29)33)23-26(34)31(17-7-2-3-8-18-32)24-27(35)30(16-10-14-28(23,24)36-21)19-20-11-5-4-6-12-20/h4-6,9-14,21-24,32H,2-3,7-8,15-19H2,1H3/t21-,22+,23+,24?,28+/m1/s1. The molecule has 1 aromatic carbocycles. The lowest BCUT2D eigenvalue weighted by molar-refractivity contribution is -0.148. The van der Waals surface area contributed by atoms with Crippen molar-refractivity contribution in [1.82, 2.24) is 14.7 Å². The molecule has 192 valence electrons. The van der Waals surface area contributed by atoms with Crippen molar-refractivity contribution >= 4 is 17.7 Å². The van der Waals surface area contributed by atoms with Crippen LogP contribution in [0.25, 0.3) is 0 Å². The maximum Gasteiger partial charge on any atom is 0.249 e. The molecule has 0 radical (unpaired) electrons. The molecule has 8 nitrogen and oxygen atoms in total. The molecule has 2 fully saturated rings. The number of fused-ring (bicyclic) bond motifs is 2. The first-order chi connectivity index (χ1) is 17.5. The summed E-state index contributed by atoms with van der Waals surface area (Å²) < 4.78 is 6.61. The summed E-state index contributed by atoms with van der Waals surface area (Å²) in [6.07, 6.45) is 10.2. The van der Waals surface area contributed by atoms with Crippen LogP contribution in [0.2, 0.25) is 0 Å². The van der Waals surface area contributed by atoms with Gasteiger partial charge in [0.2, 0.25) is 17.7 Å². The van der Waals surface area contributed by atoms with Crippen LogP contribution in [0.15, 0.2) is 54.6 Å². The van der Waals surface area contributed by atoms with Gasteiger partial charge >= 0.3 is 0 Å². The van der Waals surface area contributed by atoms with Gasteiger partial charge in [0.15, 0.2) is 0 Å². The zero-order valence-corrected chi connectivity index (χ0v) is 20.8. The first-order valence-corrected chi connectivity index (χ1v) is 13.0. The molecule has 5 atom stereocenters. The van der Waals surface area contributed by atoms with Crippen LogP contribution < -0.4 is 0 Å². The van der Waals surface area contributed by atoms with E-state index < -0.39 is 29.6 Å². The van der Waals surface area contributed by atoms with E-state index in [2.05, 4.69) is 0 Å². The molecule has 4 heterocycles. The number of rotatable bonds is 8. The Balaban J connectivity index is 1.49. The van der Waals surface area contributed by atoms with Crippen molar-refractivity contribution in [3.05, 3.63) is 60.2 Å². The van der Waals surface area contributed by atoms with Gasteiger partial charge in [0, 0.05) is 39.8 Å². The summed E-state index contributed by atoms with van der Waals surface area (Å²) in [4.78, 5) is 46.6. The van der Waals surface area contributed by atoms with Crippen molar-refractivity contribution < 1.29 is 24.2 Å². The van der Waals surface area contributed by atoms with Crippen LogP contribution in [-0.4, -0.2) is 88.6 Å². The minimum absolute atomic E-state index is 0.116. The molecule has 8 heteroatoms. The predicted octanol–water partition coefficient (Wildman–Crippen LogP) is 1.75. The summed E-state index contributed by atoms with van der Waals surface area (Å²) in [5.41, 5.74) is -0.151. The van der Waals surface area contributed by atoms with Crippen LogP contribution in [0.3, 0.4) is 0 Å². The first kappa shape index (κ1) is 24.7. The van der Waals surface area contributed by atoms with Gasteiger partial charge in [-0.15, -0.1) is 0 Å². The van der Waals surface area contributed by atoms with E-state index in [-0.39, 0.29) is 24.3 Å². The molecule has 1 spiro atoms. The lowest BCUT2D eigenvalue weighted by atomic mass is 9.77. The highest BCUT2D eigenvalue weighted by Crippen LogP contribution is 2.53. The molecule has 5 rings (SSSR count). The number of hydrogen-bond acceptors (Lipinski definition) is 5. The molecular formula is C28H35N3O5. The molecule has 0 aliphatic carbocycles. The summed E-state index contributed by atoms with van der Waals surface area (Å²) in [6.45, 7) is 1.90. The Kier molecular flexibility index (Phi) is 6.99. The van der Waals surface area contributed by atoms with Crippen LogP contribution in [-0.2, 0) is 25.7 Å². The largest absolute Gasteiger partial charge is 0.396 e. The second kappa shape index (κ2) is 10.2. The number of likely N-dealkylation sites (N-methyl/N-ethyl adjacent to an activating group) is 1. The van der Waals surface area contributed by atoms with Gasteiger partial charge in [0.25, 0.3) is 0 Å². The Morgan fingerprint density at radius 1 is 0.972 bits per heavy atom. The lowest BCUT2D eigenvalue weighted by Crippen LogP contribution is -2.55. The normalized spacial score (nSPS) is 31.4. The van der Waals surface area contributed by atoms with E-state index in [9.17, 15) is 14.4 Å². The molecule has 2 saturated heterocycles. The van der Waals surface area contributed by atoms with Crippen LogP contribution in [0.5, 0.6) is 0 Å². The summed E-state index contributed by atoms with van der Waals surface area (Å²) in [5.74, 6) is -1.82. The van der Waals surface area contributed by atoms with E-state index in [1.54, 1.807) is 21.7 Å². The number of nitrogens with zero attached hydrogens (tertiary/aromatic N) is 3. The van der Waals surface area contributed by atoms with Gasteiger partial charge in [0.1, 0.15) is 11.6 Å². The van der Waals surface area contributed by atoms with Gasteiger partial charge in [-0.3, -0.25) is 14.4 Å².